The molecule has 13 heavy (non-hydrogen) atoms. The number of allylic oxidation sites excluding steroid dienone is 4. The van der Waals surface area contributed by atoms with Crippen molar-refractivity contribution < 1.29 is 17.0 Å². The Hall–Kier alpha value is 0.774. The van der Waals surface area contributed by atoms with Crippen LogP contribution in [0.2, 0.25) is 0 Å². The summed E-state index contributed by atoms with van der Waals surface area (Å²) in [6, 6.07) is 0. The van der Waals surface area contributed by atoms with Crippen molar-refractivity contribution in [3.63, 3.8) is 0 Å². The minimum absolute atomic E-state index is 0.313. The van der Waals surface area contributed by atoms with Crippen LogP contribution >= 0.6 is 18.6 Å². The van der Waals surface area contributed by atoms with E-state index in [2.05, 4.69) is 45.9 Å². The molecule has 0 atom stereocenters. The number of rotatable bonds is 0. The van der Waals surface area contributed by atoms with Gasteiger partial charge in [0.05, 0.1) is 0 Å². The molecule has 1 radical (unpaired) electrons. The van der Waals surface area contributed by atoms with Crippen LogP contribution in [0.15, 0.2) is 23.8 Å². The van der Waals surface area contributed by atoms with Crippen LogP contribution in [0, 0.1) is 11.3 Å². The first kappa shape index (κ1) is 13.8. The maximum absolute atomic E-state index is 4.89. The molecule has 0 fully saturated rings. The summed E-state index contributed by atoms with van der Waals surface area (Å²) in [5, 5.41) is 0. The Labute approximate surface area is 98.1 Å². The Balaban J connectivity index is 0.000000424. The van der Waals surface area contributed by atoms with Crippen molar-refractivity contribution in [2.75, 3.05) is 0 Å². The van der Waals surface area contributed by atoms with Crippen LogP contribution in [-0.4, -0.2) is 0 Å². The van der Waals surface area contributed by atoms with Gasteiger partial charge < -0.3 is 0 Å². The van der Waals surface area contributed by atoms with Crippen LogP contribution in [-0.2, 0) is 17.0 Å². The summed E-state index contributed by atoms with van der Waals surface area (Å²) in [6.45, 7) is 8.90. The maximum atomic E-state index is 4.89. The summed E-state index contributed by atoms with van der Waals surface area (Å²) in [7, 11) is 9.78. The van der Waals surface area contributed by atoms with Gasteiger partial charge in [-0.3, -0.25) is 0 Å². The van der Waals surface area contributed by atoms with Gasteiger partial charge in [0, 0.05) is 5.92 Å². The van der Waals surface area contributed by atoms with Crippen LogP contribution in [0.3, 0.4) is 0 Å². The number of halogens is 2. The SMILES string of the molecule is CC1=CC=C[C]1C(C)(C)C.[Cl][Ti][Cl]. The third kappa shape index (κ3) is 5.27. The molecule has 1 aliphatic rings. The van der Waals surface area contributed by atoms with Gasteiger partial charge in [0.15, 0.2) is 0 Å². The predicted molar refractivity (Wildman–Crippen MR) is 57.3 cm³/mol. The Morgan fingerprint density at radius 2 is 1.69 bits per heavy atom. The van der Waals surface area contributed by atoms with E-state index in [0.29, 0.717) is 5.41 Å². The zero-order valence-corrected chi connectivity index (χ0v) is 11.6. The van der Waals surface area contributed by atoms with Crippen LogP contribution in [0.1, 0.15) is 27.7 Å². The van der Waals surface area contributed by atoms with E-state index in [-0.39, 0.29) is 0 Å². The molecule has 0 heterocycles. The van der Waals surface area contributed by atoms with Crippen LogP contribution < -0.4 is 0 Å². The fourth-order valence-corrected chi connectivity index (χ4v) is 1.35. The Morgan fingerprint density at radius 3 is 1.85 bits per heavy atom. The molecule has 1 aliphatic carbocycles. The van der Waals surface area contributed by atoms with E-state index < -0.39 is 17.0 Å². The first-order valence-electron chi connectivity index (χ1n) is 4.12. The fourth-order valence-electron chi connectivity index (χ4n) is 1.35. The average molecular weight is 254 g/mol. The van der Waals surface area contributed by atoms with Gasteiger partial charge in [-0.15, -0.1) is 0 Å². The van der Waals surface area contributed by atoms with Gasteiger partial charge in [0.25, 0.3) is 0 Å². The summed E-state index contributed by atoms with van der Waals surface area (Å²) in [4.78, 5) is 0. The van der Waals surface area contributed by atoms with Crippen LogP contribution in [0.5, 0.6) is 0 Å². The molecule has 0 unspecified atom stereocenters. The molecule has 0 nitrogen and oxygen atoms in total. The zero-order chi connectivity index (χ0) is 10.5. The van der Waals surface area contributed by atoms with Crippen molar-refractivity contribution in [2.24, 2.45) is 5.41 Å². The quantitative estimate of drug-likeness (QED) is 0.558. The fraction of sp³-hybridized carbons (Fsp3) is 0.500. The molecule has 0 saturated heterocycles. The average Bonchev–Trinajstić information content (AvgIpc) is 2.35. The van der Waals surface area contributed by atoms with Crippen molar-refractivity contribution in [1.82, 2.24) is 0 Å². The van der Waals surface area contributed by atoms with E-state index in [9.17, 15) is 0 Å². The third-order valence-electron chi connectivity index (χ3n) is 1.84. The molecule has 0 aliphatic heterocycles. The van der Waals surface area contributed by atoms with Crippen molar-refractivity contribution >= 4 is 18.6 Å². The minimum atomic E-state index is -0.556. The predicted octanol–water partition coefficient (Wildman–Crippen LogP) is 4.50. The van der Waals surface area contributed by atoms with E-state index in [1.54, 1.807) is 0 Å². The molecule has 0 saturated carbocycles. The Bertz CT molecular complexity index is 201. The molecule has 0 aromatic heterocycles. The molecular formula is C10H15Cl2Ti. The molecule has 73 valence electrons. The second kappa shape index (κ2) is 6.29. The second-order valence-corrected chi connectivity index (χ2v) is 6.52. The van der Waals surface area contributed by atoms with Crippen LogP contribution in [0.25, 0.3) is 0 Å². The molecule has 0 spiro atoms. The molecule has 0 aromatic carbocycles. The molecule has 0 amide bonds. The Morgan fingerprint density at radius 1 is 1.23 bits per heavy atom. The molecule has 1 rings (SSSR count). The van der Waals surface area contributed by atoms with E-state index in [4.69, 9.17) is 18.6 Å². The van der Waals surface area contributed by atoms with Gasteiger partial charge in [0.2, 0.25) is 0 Å². The summed E-state index contributed by atoms with van der Waals surface area (Å²) >= 11 is -0.556. The van der Waals surface area contributed by atoms with E-state index in [0.717, 1.165) is 0 Å². The summed E-state index contributed by atoms with van der Waals surface area (Å²) in [6.07, 6.45) is 6.49. The molecule has 3 heteroatoms. The van der Waals surface area contributed by atoms with Gasteiger partial charge >= 0.3 is 35.6 Å². The van der Waals surface area contributed by atoms with E-state index in [1.165, 1.54) is 11.5 Å². The second-order valence-electron chi connectivity index (χ2n) is 3.94. The first-order chi connectivity index (χ1) is 5.93. The van der Waals surface area contributed by atoms with Crippen molar-refractivity contribution in [3.05, 3.63) is 29.7 Å². The van der Waals surface area contributed by atoms with E-state index in [1.807, 2.05) is 0 Å². The van der Waals surface area contributed by atoms with Crippen molar-refractivity contribution in [1.29, 1.82) is 0 Å². The first-order valence-corrected chi connectivity index (χ1v) is 8.42. The van der Waals surface area contributed by atoms with Gasteiger partial charge in [-0.2, -0.15) is 0 Å². The summed E-state index contributed by atoms with van der Waals surface area (Å²) in [5.41, 5.74) is 1.72. The topological polar surface area (TPSA) is 0 Å². The zero-order valence-electron chi connectivity index (χ0n) is 8.49. The van der Waals surface area contributed by atoms with Gasteiger partial charge in [-0.25, -0.2) is 0 Å². The molecular weight excluding hydrogens is 239 g/mol. The van der Waals surface area contributed by atoms with Crippen molar-refractivity contribution in [3.8, 4) is 0 Å². The van der Waals surface area contributed by atoms with Gasteiger partial charge in [0.1, 0.15) is 0 Å². The molecule has 0 N–H and O–H groups in total. The molecule has 0 aromatic rings. The summed E-state index contributed by atoms with van der Waals surface area (Å²) in [5.74, 6) is 1.47. The Kier molecular flexibility index (Phi) is 6.67. The van der Waals surface area contributed by atoms with Crippen LogP contribution in [0.4, 0.5) is 0 Å². The van der Waals surface area contributed by atoms with Crippen molar-refractivity contribution in [2.45, 2.75) is 27.7 Å². The number of hydrogen-bond acceptors (Lipinski definition) is 0. The number of hydrogen-bond donors (Lipinski definition) is 0. The standard InChI is InChI=1S/C10H15.2ClH.Ti/c1-8-6-5-7-9(8)10(2,3)4;;;/h5-7H,1-4H3;2*1H;/q;;;+2/p-2. The van der Waals surface area contributed by atoms with E-state index >= 15 is 0 Å². The molecule has 0 bridgehead atoms. The van der Waals surface area contributed by atoms with Gasteiger partial charge in [-0.1, -0.05) is 44.6 Å². The van der Waals surface area contributed by atoms with Gasteiger partial charge in [-0.05, 0) is 12.3 Å². The normalized spacial score (nSPS) is 16.3. The third-order valence-corrected chi connectivity index (χ3v) is 1.84. The monoisotopic (exact) mass is 253 g/mol. The summed E-state index contributed by atoms with van der Waals surface area (Å²) < 4.78 is 0.